The number of anilines is 1. The van der Waals surface area contributed by atoms with Gasteiger partial charge in [0.25, 0.3) is 0 Å². The summed E-state index contributed by atoms with van der Waals surface area (Å²) in [6.45, 7) is 1.85. The summed E-state index contributed by atoms with van der Waals surface area (Å²) in [5, 5.41) is 5.17. The second-order valence-electron chi connectivity index (χ2n) is 4.19. The molecule has 3 nitrogen and oxygen atoms in total. The first-order chi connectivity index (χ1) is 9.84. The Bertz CT molecular complexity index is 660. The van der Waals surface area contributed by atoms with E-state index >= 15 is 0 Å². The van der Waals surface area contributed by atoms with E-state index in [1.165, 1.54) is 29.5 Å². The van der Waals surface area contributed by atoms with Gasteiger partial charge in [0, 0.05) is 17.1 Å². The molecule has 1 heterocycles. The molecule has 0 aliphatic rings. The molecule has 0 bridgehead atoms. The molecule has 110 valence electrons. The molecule has 0 atom stereocenters. The minimum Gasteiger partial charge on any atom is -0.323 e. The van der Waals surface area contributed by atoms with E-state index in [1.54, 1.807) is 11.5 Å². The largest absolute Gasteiger partial charge is 0.416 e. The number of nitrogens with zero attached hydrogens (tertiary/aromatic N) is 1. The second kappa shape index (κ2) is 6.09. The van der Waals surface area contributed by atoms with Crippen molar-refractivity contribution in [1.29, 1.82) is 0 Å². The molecule has 1 N–H and O–H groups in total. The number of thiazole rings is 1. The van der Waals surface area contributed by atoms with E-state index in [0.717, 1.165) is 17.1 Å². The third kappa shape index (κ3) is 4.42. The van der Waals surface area contributed by atoms with Crippen molar-refractivity contribution in [2.45, 2.75) is 13.1 Å². The molecule has 1 amide bonds. The molecule has 0 fully saturated rings. The Morgan fingerprint density at radius 1 is 1.29 bits per heavy atom. The van der Waals surface area contributed by atoms with E-state index in [2.05, 4.69) is 10.3 Å². The SMILES string of the molecule is Cc1nc(/C=C/C(=O)Nc2ccc(C(F)(F)F)cc2)cs1. The topological polar surface area (TPSA) is 42.0 Å². The minimum absolute atomic E-state index is 0.298. The van der Waals surface area contributed by atoms with Crippen molar-refractivity contribution in [1.82, 2.24) is 4.98 Å². The van der Waals surface area contributed by atoms with Crippen LogP contribution in [0.25, 0.3) is 6.08 Å². The van der Waals surface area contributed by atoms with Crippen LogP contribution < -0.4 is 5.32 Å². The van der Waals surface area contributed by atoms with Gasteiger partial charge in [-0.3, -0.25) is 4.79 Å². The third-order valence-corrected chi connectivity index (χ3v) is 3.31. The van der Waals surface area contributed by atoms with Crippen molar-refractivity contribution in [2.75, 3.05) is 5.32 Å². The zero-order chi connectivity index (χ0) is 15.5. The van der Waals surface area contributed by atoms with Crippen LogP contribution in [0.5, 0.6) is 0 Å². The summed E-state index contributed by atoms with van der Waals surface area (Å²) in [7, 11) is 0. The average molecular weight is 312 g/mol. The number of rotatable bonds is 3. The van der Waals surface area contributed by atoms with Crippen LogP contribution in [0.3, 0.4) is 0 Å². The number of halogens is 3. The molecule has 0 saturated carbocycles. The van der Waals surface area contributed by atoms with Gasteiger partial charge in [-0.05, 0) is 37.3 Å². The maximum atomic E-state index is 12.4. The van der Waals surface area contributed by atoms with E-state index in [-0.39, 0.29) is 0 Å². The zero-order valence-corrected chi connectivity index (χ0v) is 11.8. The van der Waals surface area contributed by atoms with Gasteiger partial charge >= 0.3 is 6.18 Å². The van der Waals surface area contributed by atoms with Crippen LogP contribution in [0.2, 0.25) is 0 Å². The number of hydrogen-bond donors (Lipinski definition) is 1. The summed E-state index contributed by atoms with van der Waals surface area (Å²) in [4.78, 5) is 15.8. The van der Waals surface area contributed by atoms with Gasteiger partial charge in [0.05, 0.1) is 16.3 Å². The van der Waals surface area contributed by atoms with Crippen molar-refractivity contribution < 1.29 is 18.0 Å². The average Bonchev–Trinajstić information content (AvgIpc) is 2.82. The fourth-order valence-electron chi connectivity index (χ4n) is 1.54. The molecule has 0 aliphatic heterocycles. The highest BCUT2D eigenvalue weighted by Crippen LogP contribution is 2.29. The summed E-state index contributed by atoms with van der Waals surface area (Å²) in [5.74, 6) is -0.430. The monoisotopic (exact) mass is 312 g/mol. The molecule has 1 aromatic heterocycles. The smallest absolute Gasteiger partial charge is 0.323 e. The fraction of sp³-hybridized carbons (Fsp3) is 0.143. The normalized spacial score (nSPS) is 11.8. The van der Waals surface area contributed by atoms with Crippen LogP contribution in [-0.2, 0) is 11.0 Å². The van der Waals surface area contributed by atoms with Gasteiger partial charge < -0.3 is 5.32 Å². The van der Waals surface area contributed by atoms with E-state index in [0.29, 0.717) is 11.4 Å². The summed E-state index contributed by atoms with van der Waals surface area (Å²) >= 11 is 1.46. The number of hydrogen-bond acceptors (Lipinski definition) is 3. The van der Waals surface area contributed by atoms with Gasteiger partial charge in [-0.1, -0.05) is 0 Å². The lowest BCUT2D eigenvalue weighted by atomic mass is 10.2. The number of nitrogens with one attached hydrogen (secondary N) is 1. The standard InChI is InChI=1S/C14H11F3N2OS/c1-9-18-12(8-21-9)6-7-13(20)19-11-4-2-10(3-5-11)14(15,16)17/h2-8H,1H3,(H,19,20)/b7-6+. The van der Waals surface area contributed by atoms with E-state index in [1.807, 2.05) is 6.92 Å². The molecule has 0 aliphatic carbocycles. The van der Waals surface area contributed by atoms with Crippen LogP contribution >= 0.6 is 11.3 Å². The Kier molecular flexibility index (Phi) is 4.42. The Morgan fingerprint density at radius 2 is 1.95 bits per heavy atom. The molecule has 7 heteroatoms. The van der Waals surface area contributed by atoms with E-state index in [4.69, 9.17) is 0 Å². The number of aryl methyl sites for hydroxylation is 1. The Labute approximate surface area is 123 Å². The maximum Gasteiger partial charge on any atom is 0.416 e. The van der Waals surface area contributed by atoms with Crippen LogP contribution in [0.4, 0.5) is 18.9 Å². The van der Waals surface area contributed by atoms with E-state index in [9.17, 15) is 18.0 Å². The van der Waals surface area contributed by atoms with Crippen LogP contribution in [0, 0.1) is 6.92 Å². The Hall–Kier alpha value is -2.15. The number of benzene rings is 1. The quantitative estimate of drug-likeness (QED) is 0.866. The predicted molar refractivity (Wildman–Crippen MR) is 76.0 cm³/mol. The highest BCUT2D eigenvalue weighted by Gasteiger charge is 2.29. The third-order valence-electron chi connectivity index (χ3n) is 2.52. The van der Waals surface area contributed by atoms with Gasteiger partial charge in [-0.2, -0.15) is 13.2 Å². The molecule has 0 radical (unpaired) electrons. The summed E-state index contributed by atoms with van der Waals surface area (Å²) in [5.41, 5.74) is 0.209. The first kappa shape index (κ1) is 15.2. The maximum absolute atomic E-state index is 12.4. The molecule has 0 saturated heterocycles. The molecule has 2 aromatic rings. The van der Waals surface area contributed by atoms with Crippen molar-refractivity contribution in [3.8, 4) is 0 Å². The molecule has 0 unspecified atom stereocenters. The van der Waals surface area contributed by atoms with Crippen LogP contribution in [0.1, 0.15) is 16.3 Å². The van der Waals surface area contributed by atoms with Crippen molar-refractivity contribution >= 4 is 29.0 Å². The lowest BCUT2D eigenvalue weighted by molar-refractivity contribution is -0.137. The Morgan fingerprint density at radius 3 is 2.48 bits per heavy atom. The summed E-state index contributed by atoms with van der Waals surface area (Å²) in [6, 6.07) is 4.26. The van der Waals surface area contributed by atoms with Crippen molar-refractivity contribution in [3.63, 3.8) is 0 Å². The van der Waals surface area contributed by atoms with Crippen molar-refractivity contribution in [2.24, 2.45) is 0 Å². The first-order valence-electron chi connectivity index (χ1n) is 5.93. The summed E-state index contributed by atoms with van der Waals surface area (Å²) in [6.07, 6.45) is -1.56. The number of aromatic nitrogens is 1. The highest BCUT2D eigenvalue weighted by atomic mass is 32.1. The molecule has 0 spiro atoms. The molecule has 2 rings (SSSR count). The first-order valence-corrected chi connectivity index (χ1v) is 6.81. The van der Waals surface area contributed by atoms with Gasteiger partial charge in [-0.25, -0.2) is 4.98 Å². The molecule has 21 heavy (non-hydrogen) atoms. The van der Waals surface area contributed by atoms with Gasteiger partial charge in [0.1, 0.15) is 0 Å². The number of alkyl halides is 3. The second-order valence-corrected chi connectivity index (χ2v) is 5.25. The molecule has 1 aromatic carbocycles. The van der Waals surface area contributed by atoms with E-state index < -0.39 is 17.6 Å². The highest BCUT2D eigenvalue weighted by molar-refractivity contribution is 7.09. The number of carbonyl (C=O) groups excluding carboxylic acids is 1. The molecular weight excluding hydrogens is 301 g/mol. The predicted octanol–water partition coefficient (Wildman–Crippen LogP) is 4.12. The van der Waals surface area contributed by atoms with Crippen molar-refractivity contribution in [3.05, 3.63) is 52.0 Å². The zero-order valence-electron chi connectivity index (χ0n) is 10.9. The fourth-order valence-corrected chi connectivity index (χ4v) is 2.12. The lowest BCUT2D eigenvalue weighted by Gasteiger charge is -2.07. The van der Waals surface area contributed by atoms with Crippen LogP contribution in [-0.4, -0.2) is 10.9 Å². The molecular formula is C14H11F3N2OS. The number of amides is 1. The van der Waals surface area contributed by atoms with Gasteiger partial charge in [0.2, 0.25) is 5.91 Å². The van der Waals surface area contributed by atoms with Gasteiger partial charge in [-0.15, -0.1) is 11.3 Å². The summed E-state index contributed by atoms with van der Waals surface area (Å²) < 4.78 is 37.2. The van der Waals surface area contributed by atoms with Crippen LogP contribution in [0.15, 0.2) is 35.7 Å². The van der Waals surface area contributed by atoms with Gasteiger partial charge in [0.15, 0.2) is 0 Å². The number of carbonyl (C=O) groups is 1. The lowest BCUT2D eigenvalue weighted by Crippen LogP contribution is -2.09. The minimum atomic E-state index is -4.38. The Balaban J connectivity index is 1.98.